The SMILES string of the molecule is CC(=S)CP1(=O)OC(C)C(C)O1. The first-order valence-corrected chi connectivity index (χ1v) is 6.02. The molecule has 0 N–H and O–H groups in total. The van der Waals surface area contributed by atoms with Crippen LogP contribution in [0.3, 0.4) is 0 Å². The maximum absolute atomic E-state index is 11.7. The molecule has 0 aromatic carbocycles. The molecular weight excluding hydrogens is 195 g/mol. The van der Waals surface area contributed by atoms with Crippen molar-refractivity contribution < 1.29 is 13.6 Å². The maximum atomic E-state index is 11.7. The van der Waals surface area contributed by atoms with Gasteiger partial charge in [0.2, 0.25) is 0 Å². The van der Waals surface area contributed by atoms with E-state index in [0.717, 1.165) is 0 Å². The van der Waals surface area contributed by atoms with Gasteiger partial charge in [-0.15, -0.1) is 0 Å². The van der Waals surface area contributed by atoms with Crippen molar-refractivity contribution in [2.45, 2.75) is 33.0 Å². The van der Waals surface area contributed by atoms with Crippen molar-refractivity contribution in [2.75, 3.05) is 6.16 Å². The summed E-state index contributed by atoms with van der Waals surface area (Å²) < 4.78 is 22.1. The van der Waals surface area contributed by atoms with Gasteiger partial charge in [-0.25, -0.2) is 0 Å². The molecule has 0 radical (unpaired) electrons. The van der Waals surface area contributed by atoms with E-state index in [4.69, 9.17) is 21.3 Å². The Labute approximate surface area is 78.0 Å². The normalized spacial score (nSPS) is 41.6. The molecule has 1 saturated heterocycles. The van der Waals surface area contributed by atoms with Crippen molar-refractivity contribution in [1.82, 2.24) is 0 Å². The molecule has 2 unspecified atom stereocenters. The molecule has 1 fully saturated rings. The predicted molar refractivity (Wildman–Crippen MR) is 51.8 cm³/mol. The molecule has 0 aliphatic carbocycles. The van der Waals surface area contributed by atoms with Gasteiger partial charge in [0.15, 0.2) is 0 Å². The number of hydrogen-bond acceptors (Lipinski definition) is 4. The number of rotatable bonds is 2. The molecule has 1 rings (SSSR count). The molecule has 0 saturated carbocycles. The van der Waals surface area contributed by atoms with Gasteiger partial charge in [0.05, 0.1) is 18.4 Å². The van der Waals surface area contributed by atoms with Crippen molar-refractivity contribution in [1.29, 1.82) is 0 Å². The summed E-state index contributed by atoms with van der Waals surface area (Å²) in [5.41, 5.74) is 0. The molecule has 0 amide bonds. The number of thiocarbonyl (C=S) groups is 1. The quantitative estimate of drug-likeness (QED) is 0.515. The molecule has 0 aromatic heterocycles. The van der Waals surface area contributed by atoms with E-state index in [1.165, 1.54) is 0 Å². The van der Waals surface area contributed by atoms with Crippen LogP contribution in [-0.2, 0) is 13.6 Å². The van der Waals surface area contributed by atoms with Gasteiger partial charge in [-0.3, -0.25) is 4.57 Å². The van der Waals surface area contributed by atoms with Crippen LogP contribution in [-0.4, -0.2) is 23.2 Å². The number of hydrogen-bond donors (Lipinski definition) is 0. The van der Waals surface area contributed by atoms with Gasteiger partial charge in [-0.1, -0.05) is 12.2 Å². The highest BCUT2D eigenvalue weighted by Gasteiger charge is 2.39. The predicted octanol–water partition coefficient (Wildman–Crippen LogP) is 2.39. The molecule has 3 nitrogen and oxygen atoms in total. The van der Waals surface area contributed by atoms with Crippen LogP contribution in [0.4, 0.5) is 0 Å². The fourth-order valence-corrected chi connectivity index (χ4v) is 3.62. The first kappa shape index (κ1) is 10.3. The lowest BCUT2D eigenvalue weighted by atomic mass is 10.3. The van der Waals surface area contributed by atoms with Gasteiger partial charge in [-0.2, -0.15) is 0 Å². The largest absolute Gasteiger partial charge is 0.336 e. The molecule has 70 valence electrons. The fourth-order valence-electron chi connectivity index (χ4n) is 1.05. The molecule has 1 aliphatic rings. The summed E-state index contributed by atoms with van der Waals surface area (Å²) in [7, 11) is -2.88. The molecule has 0 aromatic rings. The minimum atomic E-state index is -2.88. The summed E-state index contributed by atoms with van der Waals surface area (Å²) in [5.74, 6) is 0. The monoisotopic (exact) mass is 208 g/mol. The average Bonchev–Trinajstić information content (AvgIpc) is 2.04. The summed E-state index contributed by atoms with van der Waals surface area (Å²) in [5, 5.41) is 0. The van der Waals surface area contributed by atoms with Gasteiger partial charge in [0, 0.05) is 4.86 Å². The second-order valence-corrected chi connectivity index (χ2v) is 5.75. The Bertz CT molecular complexity index is 227. The fraction of sp³-hybridized carbons (Fsp3) is 0.857. The zero-order valence-corrected chi connectivity index (χ0v) is 9.15. The van der Waals surface area contributed by atoms with E-state index in [1.54, 1.807) is 6.92 Å². The Morgan fingerprint density at radius 3 is 2.17 bits per heavy atom. The van der Waals surface area contributed by atoms with Crippen LogP contribution in [0.5, 0.6) is 0 Å². The Hall–Kier alpha value is 0.240. The van der Waals surface area contributed by atoms with E-state index in [0.29, 0.717) is 4.86 Å². The van der Waals surface area contributed by atoms with Crippen LogP contribution in [0.15, 0.2) is 0 Å². The Morgan fingerprint density at radius 1 is 1.42 bits per heavy atom. The second-order valence-electron chi connectivity index (χ2n) is 3.09. The summed E-state index contributed by atoms with van der Waals surface area (Å²) in [6.45, 7) is 5.45. The lowest BCUT2D eigenvalue weighted by Crippen LogP contribution is -2.13. The van der Waals surface area contributed by atoms with Crippen LogP contribution < -0.4 is 0 Å². The third kappa shape index (κ3) is 2.36. The van der Waals surface area contributed by atoms with E-state index in [9.17, 15) is 4.57 Å². The Balaban J connectivity index is 2.64. The highest BCUT2D eigenvalue weighted by atomic mass is 32.1. The van der Waals surface area contributed by atoms with E-state index in [1.807, 2.05) is 13.8 Å². The smallest absolute Gasteiger partial charge is 0.303 e. The third-order valence-electron chi connectivity index (χ3n) is 1.73. The van der Waals surface area contributed by atoms with Crippen molar-refractivity contribution in [3.8, 4) is 0 Å². The maximum Gasteiger partial charge on any atom is 0.336 e. The lowest BCUT2D eigenvalue weighted by molar-refractivity contribution is 0.187. The van der Waals surface area contributed by atoms with E-state index in [2.05, 4.69) is 0 Å². The van der Waals surface area contributed by atoms with E-state index >= 15 is 0 Å². The van der Waals surface area contributed by atoms with Gasteiger partial charge >= 0.3 is 7.60 Å². The van der Waals surface area contributed by atoms with Gasteiger partial charge in [0.1, 0.15) is 0 Å². The van der Waals surface area contributed by atoms with Crippen molar-refractivity contribution in [3.63, 3.8) is 0 Å². The third-order valence-corrected chi connectivity index (χ3v) is 4.26. The lowest BCUT2D eigenvalue weighted by Gasteiger charge is -2.07. The summed E-state index contributed by atoms with van der Waals surface area (Å²) >= 11 is 4.85. The second kappa shape index (κ2) is 3.54. The Kier molecular flexibility index (Phi) is 3.05. The molecule has 2 atom stereocenters. The standard InChI is InChI=1S/C7H13O3PS/c1-5(12)4-11(8)9-6(2)7(3)10-11/h6-7H,4H2,1-3H3. The molecule has 0 bridgehead atoms. The highest BCUT2D eigenvalue weighted by Crippen LogP contribution is 2.56. The summed E-state index contributed by atoms with van der Waals surface area (Å²) in [6, 6.07) is 0. The van der Waals surface area contributed by atoms with Gasteiger partial charge < -0.3 is 9.05 Å². The molecule has 1 heterocycles. The molecule has 1 aliphatic heterocycles. The first-order chi connectivity index (χ1) is 5.43. The van der Waals surface area contributed by atoms with E-state index < -0.39 is 7.60 Å². The topological polar surface area (TPSA) is 35.5 Å². The summed E-state index contributed by atoms with van der Waals surface area (Å²) in [6.07, 6.45) is 0.0761. The molecule has 0 spiro atoms. The zero-order chi connectivity index (χ0) is 9.35. The zero-order valence-electron chi connectivity index (χ0n) is 7.44. The van der Waals surface area contributed by atoms with Crippen molar-refractivity contribution in [3.05, 3.63) is 0 Å². The van der Waals surface area contributed by atoms with Gasteiger partial charge in [-0.05, 0) is 20.8 Å². The minimum Gasteiger partial charge on any atom is -0.303 e. The Morgan fingerprint density at radius 2 is 1.83 bits per heavy atom. The van der Waals surface area contributed by atoms with Gasteiger partial charge in [0.25, 0.3) is 0 Å². The molecular formula is C7H13O3PS. The average molecular weight is 208 g/mol. The summed E-state index contributed by atoms with van der Waals surface area (Å²) in [4.78, 5) is 0.666. The first-order valence-electron chi connectivity index (χ1n) is 3.88. The van der Waals surface area contributed by atoms with Crippen LogP contribution >= 0.6 is 19.8 Å². The van der Waals surface area contributed by atoms with Crippen LogP contribution in [0, 0.1) is 0 Å². The highest BCUT2D eigenvalue weighted by molar-refractivity contribution is 7.81. The van der Waals surface area contributed by atoms with Crippen molar-refractivity contribution >= 4 is 24.7 Å². The molecule has 12 heavy (non-hydrogen) atoms. The van der Waals surface area contributed by atoms with E-state index in [-0.39, 0.29) is 18.4 Å². The van der Waals surface area contributed by atoms with Crippen molar-refractivity contribution in [2.24, 2.45) is 0 Å². The minimum absolute atomic E-state index is 0.0924. The van der Waals surface area contributed by atoms with Crippen LogP contribution in [0.25, 0.3) is 0 Å². The van der Waals surface area contributed by atoms with Crippen LogP contribution in [0.2, 0.25) is 0 Å². The van der Waals surface area contributed by atoms with Crippen LogP contribution in [0.1, 0.15) is 20.8 Å². The molecule has 5 heteroatoms.